The van der Waals surface area contributed by atoms with Gasteiger partial charge in [-0.3, -0.25) is 0 Å². The molecular weight excluding hydrogens is 252 g/mol. The number of nitrogens with zero attached hydrogens (tertiary/aromatic N) is 2. The third kappa shape index (κ3) is 1.72. The van der Waals surface area contributed by atoms with Crippen molar-refractivity contribution in [3.8, 4) is 5.69 Å². The van der Waals surface area contributed by atoms with Crippen molar-refractivity contribution in [3.05, 3.63) is 46.7 Å². The Balaban J connectivity index is 2.06. The second kappa shape index (κ2) is 3.49. The van der Waals surface area contributed by atoms with Crippen molar-refractivity contribution in [2.24, 2.45) is 0 Å². The minimum atomic E-state index is 0.759. The van der Waals surface area contributed by atoms with E-state index in [0.29, 0.717) is 0 Å². The zero-order valence-electron chi connectivity index (χ0n) is 8.23. The van der Waals surface area contributed by atoms with Crippen molar-refractivity contribution in [1.29, 1.82) is 0 Å². The molecule has 1 fully saturated rings. The smallest absolute Gasteiger partial charge is 0.0649 e. The topological polar surface area (TPSA) is 17.8 Å². The summed E-state index contributed by atoms with van der Waals surface area (Å²) in [7, 11) is 0. The molecule has 0 saturated heterocycles. The highest BCUT2D eigenvalue weighted by atomic mass is 79.9. The summed E-state index contributed by atoms with van der Waals surface area (Å²) in [6.45, 7) is 0. The van der Waals surface area contributed by atoms with E-state index in [2.05, 4.69) is 39.2 Å². The van der Waals surface area contributed by atoms with Gasteiger partial charge in [0.25, 0.3) is 0 Å². The molecule has 0 atom stereocenters. The molecule has 0 amide bonds. The molecule has 76 valence electrons. The van der Waals surface area contributed by atoms with Crippen LogP contribution >= 0.6 is 15.9 Å². The first-order valence-corrected chi connectivity index (χ1v) is 5.93. The molecule has 3 rings (SSSR count). The third-order valence-corrected chi connectivity index (χ3v) is 3.49. The minimum absolute atomic E-state index is 0.759. The molecule has 0 spiro atoms. The van der Waals surface area contributed by atoms with Crippen molar-refractivity contribution in [2.75, 3.05) is 0 Å². The quantitative estimate of drug-likeness (QED) is 0.810. The Labute approximate surface area is 97.1 Å². The molecular formula is C12H11BrN2. The van der Waals surface area contributed by atoms with E-state index >= 15 is 0 Å². The van der Waals surface area contributed by atoms with E-state index in [4.69, 9.17) is 0 Å². The van der Waals surface area contributed by atoms with Crippen LogP contribution in [0.25, 0.3) is 5.69 Å². The summed E-state index contributed by atoms with van der Waals surface area (Å²) < 4.78 is 3.12. The summed E-state index contributed by atoms with van der Waals surface area (Å²) in [6, 6.07) is 8.38. The van der Waals surface area contributed by atoms with E-state index in [1.807, 2.05) is 16.9 Å². The molecule has 0 radical (unpaired) electrons. The highest BCUT2D eigenvalue weighted by Crippen LogP contribution is 2.43. The largest absolute Gasteiger partial charge is 0.241 e. The van der Waals surface area contributed by atoms with Gasteiger partial charge in [-0.1, -0.05) is 15.9 Å². The Morgan fingerprint density at radius 2 is 2.20 bits per heavy atom. The number of halogens is 1. The van der Waals surface area contributed by atoms with Gasteiger partial charge in [-0.25, -0.2) is 4.68 Å². The van der Waals surface area contributed by atoms with Gasteiger partial charge in [-0.2, -0.15) is 5.10 Å². The normalized spacial score (nSPS) is 15.5. The molecule has 2 aromatic rings. The van der Waals surface area contributed by atoms with Crippen LogP contribution in [0.1, 0.15) is 24.3 Å². The Bertz CT molecular complexity index is 472. The van der Waals surface area contributed by atoms with Crippen LogP contribution in [0.5, 0.6) is 0 Å². The lowest BCUT2D eigenvalue weighted by molar-refractivity contribution is 0.876. The lowest BCUT2D eigenvalue weighted by Crippen LogP contribution is -1.95. The molecule has 1 saturated carbocycles. The summed E-state index contributed by atoms with van der Waals surface area (Å²) >= 11 is 3.60. The van der Waals surface area contributed by atoms with Crippen LogP contribution in [-0.2, 0) is 0 Å². The number of benzene rings is 1. The Hall–Kier alpha value is -1.09. The number of aromatic nitrogens is 2. The van der Waals surface area contributed by atoms with Crippen LogP contribution in [-0.4, -0.2) is 9.78 Å². The van der Waals surface area contributed by atoms with Crippen molar-refractivity contribution in [3.63, 3.8) is 0 Å². The molecule has 1 aromatic heterocycles. The van der Waals surface area contributed by atoms with Gasteiger partial charge in [0.05, 0.1) is 5.69 Å². The molecule has 1 heterocycles. The molecule has 0 N–H and O–H groups in total. The number of rotatable bonds is 2. The van der Waals surface area contributed by atoms with Gasteiger partial charge in [0.15, 0.2) is 0 Å². The van der Waals surface area contributed by atoms with Crippen LogP contribution in [0.3, 0.4) is 0 Å². The van der Waals surface area contributed by atoms with Crippen LogP contribution in [0.15, 0.2) is 41.1 Å². The fourth-order valence-corrected chi connectivity index (χ4v) is 2.37. The van der Waals surface area contributed by atoms with Crippen LogP contribution in [0.4, 0.5) is 0 Å². The Kier molecular flexibility index (Phi) is 2.13. The predicted molar refractivity (Wildman–Crippen MR) is 63.2 cm³/mol. The standard InChI is InChI=1S/C12H11BrN2/c13-12-5-4-10(15-7-1-6-14-15)8-11(12)9-2-3-9/h1,4-9H,2-3H2. The fraction of sp³-hybridized carbons (Fsp3) is 0.250. The second-order valence-electron chi connectivity index (χ2n) is 3.93. The van der Waals surface area contributed by atoms with Crippen LogP contribution in [0, 0.1) is 0 Å². The molecule has 15 heavy (non-hydrogen) atoms. The van der Waals surface area contributed by atoms with Gasteiger partial charge in [-0.05, 0) is 48.6 Å². The van der Waals surface area contributed by atoms with E-state index in [1.54, 1.807) is 6.20 Å². The first kappa shape index (κ1) is 9.16. The maximum Gasteiger partial charge on any atom is 0.0649 e. The Morgan fingerprint density at radius 3 is 2.87 bits per heavy atom. The summed E-state index contributed by atoms with van der Waals surface area (Å²) in [4.78, 5) is 0. The molecule has 0 aliphatic heterocycles. The maximum atomic E-state index is 4.24. The monoisotopic (exact) mass is 262 g/mol. The van der Waals surface area contributed by atoms with Crippen molar-refractivity contribution < 1.29 is 0 Å². The average Bonchev–Trinajstić information content (AvgIpc) is 2.94. The number of hydrogen-bond acceptors (Lipinski definition) is 1. The SMILES string of the molecule is Brc1ccc(-n2cccn2)cc1C1CC1. The molecule has 0 bridgehead atoms. The van der Waals surface area contributed by atoms with Gasteiger partial charge in [0.1, 0.15) is 0 Å². The summed E-state index contributed by atoms with van der Waals surface area (Å²) in [5.74, 6) is 0.759. The van der Waals surface area contributed by atoms with Crippen molar-refractivity contribution in [2.45, 2.75) is 18.8 Å². The molecule has 0 unspecified atom stereocenters. The van der Waals surface area contributed by atoms with E-state index < -0.39 is 0 Å². The first-order valence-electron chi connectivity index (χ1n) is 5.14. The molecule has 1 aliphatic carbocycles. The second-order valence-corrected chi connectivity index (χ2v) is 4.79. The van der Waals surface area contributed by atoms with Gasteiger partial charge >= 0.3 is 0 Å². The summed E-state index contributed by atoms with van der Waals surface area (Å²) in [5.41, 5.74) is 2.56. The van der Waals surface area contributed by atoms with E-state index in [0.717, 1.165) is 11.6 Å². The lowest BCUT2D eigenvalue weighted by atomic mass is 10.1. The van der Waals surface area contributed by atoms with Crippen LogP contribution in [0.2, 0.25) is 0 Å². The first-order chi connectivity index (χ1) is 7.34. The summed E-state index contributed by atoms with van der Waals surface area (Å²) in [6.07, 6.45) is 6.42. The molecule has 1 aromatic carbocycles. The molecule has 1 aliphatic rings. The van der Waals surface area contributed by atoms with Crippen molar-refractivity contribution in [1.82, 2.24) is 9.78 Å². The predicted octanol–water partition coefficient (Wildman–Crippen LogP) is 3.51. The van der Waals surface area contributed by atoms with Gasteiger partial charge < -0.3 is 0 Å². The zero-order chi connectivity index (χ0) is 10.3. The van der Waals surface area contributed by atoms with Gasteiger partial charge in [0, 0.05) is 16.9 Å². The number of hydrogen-bond donors (Lipinski definition) is 0. The zero-order valence-corrected chi connectivity index (χ0v) is 9.81. The van der Waals surface area contributed by atoms with Crippen LogP contribution < -0.4 is 0 Å². The van der Waals surface area contributed by atoms with E-state index in [1.165, 1.54) is 22.9 Å². The van der Waals surface area contributed by atoms with Gasteiger partial charge in [0.2, 0.25) is 0 Å². The van der Waals surface area contributed by atoms with Gasteiger partial charge in [-0.15, -0.1) is 0 Å². The van der Waals surface area contributed by atoms with E-state index in [9.17, 15) is 0 Å². The highest BCUT2D eigenvalue weighted by Gasteiger charge is 2.25. The summed E-state index contributed by atoms with van der Waals surface area (Å²) in [5, 5.41) is 4.24. The third-order valence-electron chi connectivity index (χ3n) is 2.77. The lowest BCUT2D eigenvalue weighted by Gasteiger charge is -2.06. The fourth-order valence-electron chi connectivity index (χ4n) is 1.80. The molecule has 2 nitrogen and oxygen atoms in total. The minimum Gasteiger partial charge on any atom is -0.241 e. The van der Waals surface area contributed by atoms with Crippen molar-refractivity contribution >= 4 is 15.9 Å². The Morgan fingerprint density at radius 1 is 1.33 bits per heavy atom. The maximum absolute atomic E-state index is 4.24. The van der Waals surface area contributed by atoms with E-state index in [-0.39, 0.29) is 0 Å². The average molecular weight is 263 g/mol. The highest BCUT2D eigenvalue weighted by molar-refractivity contribution is 9.10. The molecule has 3 heteroatoms.